The third-order valence-corrected chi connectivity index (χ3v) is 6.03. The van der Waals surface area contributed by atoms with E-state index in [9.17, 15) is 18.1 Å². The molecule has 1 N–H and O–H groups in total. The molecule has 0 saturated heterocycles. The zero-order valence-corrected chi connectivity index (χ0v) is 20.1. The standard InChI is InChI=1S/C18H38O4S.K/c1-3-17(19)15-13-11-9-7-5-6-8-10-12-14-16-18(4-2)23(20,21)22;/h17-19H,3-16H2,1-2H3,(H,20,21,22);/q;+1/p-1. The maximum absolute atomic E-state index is 11.0. The van der Waals surface area contributed by atoms with Crippen LogP contribution in [0.3, 0.4) is 0 Å². The molecule has 0 fully saturated rings. The molecule has 0 bridgehead atoms. The Balaban J connectivity index is 0. The third kappa shape index (κ3) is 16.9. The van der Waals surface area contributed by atoms with Crippen LogP contribution in [-0.2, 0) is 10.1 Å². The number of rotatable bonds is 16. The number of aliphatic hydroxyl groups is 1. The first kappa shape index (κ1) is 27.7. The number of hydrogen-bond donors (Lipinski definition) is 1. The largest absolute Gasteiger partial charge is 1.00 e. The van der Waals surface area contributed by atoms with E-state index in [1.165, 1.54) is 38.5 Å². The van der Waals surface area contributed by atoms with Gasteiger partial charge in [-0.2, -0.15) is 0 Å². The van der Waals surface area contributed by atoms with Crippen LogP contribution in [0.2, 0.25) is 0 Å². The molecule has 0 rings (SSSR count). The van der Waals surface area contributed by atoms with Gasteiger partial charge in [0.2, 0.25) is 0 Å². The molecule has 140 valence electrons. The molecule has 0 aromatic carbocycles. The van der Waals surface area contributed by atoms with Crippen molar-refractivity contribution < 1.29 is 69.5 Å². The van der Waals surface area contributed by atoms with Gasteiger partial charge in [0.1, 0.15) is 0 Å². The van der Waals surface area contributed by atoms with Crippen molar-refractivity contribution in [2.75, 3.05) is 0 Å². The Kier molecular flexibility index (Phi) is 20.7. The van der Waals surface area contributed by atoms with E-state index >= 15 is 0 Å². The SMILES string of the molecule is CCC(O)CCCCCCCCCCCCC(CC)S(=O)(=O)[O-].[K+]. The van der Waals surface area contributed by atoms with Gasteiger partial charge in [0.25, 0.3) is 0 Å². The predicted molar refractivity (Wildman–Crippen MR) is 95.5 cm³/mol. The second-order valence-corrected chi connectivity index (χ2v) is 8.35. The van der Waals surface area contributed by atoms with Crippen LogP contribution < -0.4 is 51.4 Å². The summed E-state index contributed by atoms with van der Waals surface area (Å²) >= 11 is 0. The Morgan fingerprint density at radius 3 is 1.46 bits per heavy atom. The molecule has 0 aromatic rings. The normalized spacial score (nSPS) is 14.2. The fourth-order valence-corrected chi connectivity index (χ4v) is 3.79. The molecule has 2 unspecified atom stereocenters. The maximum atomic E-state index is 11.0. The summed E-state index contributed by atoms with van der Waals surface area (Å²) in [7, 11) is -4.10. The summed E-state index contributed by atoms with van der Waals surface area (Å²) < 4.78 is 32.9. The summed E-state index contributed by atoms with van der Waals surface area (Å²) in [5.41, 5.74) is 0. The molecule has 6 heteroatoms. The average Bonchev–Trinajstić information content (AvgIpc) is 2.50. The second kappa shape index (κ2) is 17.9. The summed E-state index contributed by atoms with van der Waals surface area (Å²) in [6.07, 6.45) is 14.3. The van der Waals surface area contributed by atoms with Crippen molar-refractivity contribution in [2.45, 2.75) is 115 Å². The number of hydrogen-bond acceptors (Lipinski definition) is 4. The van der Waals surface area contributed by atoms with Gasteiger partial charge in [-0.15, -0.1) is 0 Å². The van der Waals surface area contributed by atoms with Crippen LogP contribution in [0, 0.1) is 0 Å². The molecule has 2 atom stereocenters. The molecule has 0 aliphatic rings. The maximum Gasteiger partial charge on any atom is 1.00 e. The van der Waals surface area contributed by atoms with Crippen LogP contribution in [0.4, 0.5) is 0 Å². The van der Waals surface area contributed by atoms with E-state index < -0.39 is 15.4 Å². The topological polar surface area (TPSA) is 77.4 Å². The minimum absolute atomic E-state index is 0. The minimum Gasteiger partial charge on any atom is -0.748 e. The second-order valence-electron chi connectivity index (χ2n) is 6.70. The van der Waals surface area contributed by atoms with Gasteiger partial charge < -0.3 is 9.66 Å². The van der Waals surface area contributed by atoms with Crippen molar-refractivity contribution in [2.24, 2.45) is 0 Å². The van der Waals surface area contributed by atoms with Gasteiger partial charge in [0.05, 0.1) is 16.2 Å². The Hall–Kier alpha value is 1.51. The molecule has 0 saturated carbocycles. The van der Waals surface area contributed by atoms with Gasteiger partial charge in [-0.3, -0.25) is 0 Å². The van der Waals surface area contributed by atoms with E-state index in [1.807, 2.05) is 6.92 Å². The first-order valence-corrected chi connectivity index (χ1v) is 11.0. The summed E-state index contributed by atoms with van der Waals surface area (Å²) in [5.74, 6) is 0. The first-order valence-electron chi connectivity index (χ1n) is 9.54. The van der Waals surface area contributed by atoms with Crippen molar-refractivity contribution in [1.82, 2.24) is 0 Å². The van der Waals surface area contributed by atoms with Gasteiger partial charge in [-0.25, -0.2) is 8.42 Å². The molecular weight excluding hydrogens is 351 g/mol. The molecular formula is C18H37KO4S. The monoisotopic (exact) mass is 388 g/mol. The van der Waals surface area contributed by atoms with Crippen molar-refractivity contribution in [3.63, 3.8) is 0 Å². The Bertz CT molecular complexity index is 360. The molecule has 0 aliphatic carbocycles. The van der Waals surface area contributed by atoms with Gasteiger partial charge in [-0.1, -0.05) is 78.1 Å². The number of aliphatic hydroxyl groups excluding tert-OH is 1. The molecule has 0 amide bonds. The van der Waals surface area contributed by atoms with E-state index in [2.05, 4.69) is 0 Å². The van der Waals surface area contributed by atoms with Gasteiger partial charge >= 0.3 is 51.4 Å². The molecule has 0 heterocycles. The summed E-state index contributed by atoms with van der Waals surface area (Å²) in [6.45, 7) is 3.79. The first-order chi connectivity index (χ1) is 10.9. The molecule has 4 nitrogen and oxygen atoms in total. The van der Waals surface area contributed by atoms with Crippen LogP contribution in [-0.4, -0.2) is 29.4 Å². The predicted octanol–water partition coefficient (Wildman–Crippen LogP) is 1.77. The van der Waals surface area contributed by atoms with Crippen LogP contribution in [0.1, 0.15) is 104 Å². The summed E-state index contributed by atoms with van der Waals surface area (Å²) in [6, 6.07) is 0. The van der Waals surface area contributed by atoms with Crippen LogP contribution in [0.25, 0.3) is 0 Å². The van der Waals surface area contributed by atoms with E-state index in [0.717, 1.165) is 38.5 Å². The third-order valence-electron chi connectivity index (χ3n) is 4.65. The average molecular weight is 389 g/mol. The van der Waals surface area contributed by atoms with E-state index in [0.29, 0.717) is 12.8 Å². The van der Waals surface area contributed by atoms with E-state index in [1.54, 1.807) is 6.92 Å². The van der Waals surface area contributed by atoms with Gasteiger partial charge in [0.15, 0.2) is 0 Å². The fraction of sp³-hybridized carbons (Fsp3) is 1.00. The molecule has 0 radical (unpaired) electrons. The Morgan fingerprint density at radius 1 is 0.750 bits per heavy atom. The molecule has 24 heavy (non-hydrogen) atoms. The van der Waals surface area contributed by atoms with E-state index in [4.69, 9.17) is 0 Å². The minimum atomic E-state index is -4.10. The van der Waals surface area contributed by atoms with Crippen molar-refractivity contribution in [1.29, 1.82) is 0 Å². The summed E-state index contributed by atoms with van der Waals surface area (Å²) in [4.78, 5) is 0. The van der Waals surface area contributed by atoms with Gasteiger partial charge in [0, 0.05) is 5.25 Å². The quantitative estimate of drug-likeness (QED) is 0.248. The zero-order chi connectivity index (χ0) is 17.6. The Labute approximate surface area is 192 Å². The van der Waals surface area contributed by atoms with Crippen molar-refractivity contribution >= 4 is 10.1 Å². The van der Waals surface area contributed by atoms with Crippen molar-refractivity contribution in [3.05, 3.63) is 0 Å². The smallest absolute Gasteiger partial charge is 0.748 e. The van der Waals surface area contributed by atoms with Crippen LogP contribution >= 0.6 is 0 Å². The van der Waals surface area contributed by atoms with Crippen LogP contribution in [0.5, 0.6) is 0 Å². The van der Waals surface area contributed by atoms with Gasteiger partial charge in [-0.05, 0) is 25.7 Å². The molecule has 0 spiro atoms. The molecule has 0 aliphatic heterocycles. The fourth-order valence-electron chi connectivity index (χ4n) is 2.92. The summed E-state index contributed by atoms with van der Waals surface area (Å²) in [5, 5.41) is 8.76. The zero-order valence-electron chi connectivity index (χ0n) is 16.1. The molecule has 0 aromatic heterocycles. The van der Waals surface area contributed by atoms with E-state index in [-0.39, 0.29) is 57.5 Å². The van der Waals surface area contributed by atoms with Crippen LogP contribution in [0.15, 0.2) is 0 Å². The van der Waals surface area contributed by atoms with Crippen molar-refractivity contribution in [3.8, 4) is 0 Å². The number of unbranched alkanes of at least 4 members (excludes halogenated alkanes) is 9. The Morgan fingerprint density at radius 2 is 1.12 bits per heavy atom.